The van der Waals surface area contributed by atoms with Gasteiger partial charge in [0.05, 0.1) is 12.3 Å². The number of rotatable bonds is 5. The highest BCUT2D eigenvalue weighted by Gasteiger charge is 2.37. The zero-order valence-corrected chi connectivity index (χ0v) is 16.3. The van der Waals surface area contributed by atoms with Crippen LogP contribution in [0.1, 0.15) is 45.3 Å². The fourth-order valence-corrected chi connectivity index (χ4v) is 3.83. The number of nitrogens with zero attached hydrogens (tertiary/aromatic N) is 1. The van der Waals surface area contributed by atoms with Crippen LogP contribution in [0.2, 0.25) is 18.1 Å². The van der Waals surface area contributed by atoms with Gasteiger partial charge in [0.25, 0.3) is 0 Å². The van der Waals surface area contributed by atoms with E-state index in [1.807, 2.05) is 0 Å². The van der Waals surface area contributed by atoms with Crippen molar-refractivity contribution in [2.45, 2.75) is 69.2 Å². The molecule has 1 unspecified atom stereocenters. The lowest BCUT2D eigenvalue weighted by atomic mass is 10.2. The van der Waals surface area contributed by atoms with Crippen LogP contribution in [0, 0.1) is 0 Å². The van der Waals surface area contributed by atoms with E-state index in [4.69, 9.17) is 4.43 Å². The second kappa shape index (κ2) is 6.17. The Morgan fingerprint density at radius 2 is 1.86 bits per heavy atom. The van der Waals surface area contributed by atoms with Gasteiger partial charge in [0.15, 0.2) is 8.32 Å². The smallest absolute Gasteiger partial charge is 0.192 e. The van der Waals surface area contributed by atoms with Crippen molar-refractivity contribution < 1.29 is 18.3 Å². The normalized spacial score (nSPS) is 15.3. The average molecular weight is 351 g/mol. The summed E-state index contributed by atoms with van der Waals surface area (Å²) >= 11 is -1.38. The van der Waals surface area contributed by atoms with E-state index >= 15 is 0 Å². The fraction of sp³-hybridized carbons (Fsp3) is 0.769. The van der Waals surface area contributed by atoms with Crippen LogP contribution in [-0.2, 0) is 27.7 Å². The predicted octanol–water partition coefficient (Wildman–Crippen LogP) is 3.13. The first-order valence-corrected chi connectivity index (χ1v) is 11.5. The monoisotopic (exact) mass is 350 g/mol. The Balaban J connectivity index is 3.04. The largest absolute Gasteiger partial charge is 0.768 e. The third-order valence-corrected chi connectivity index (χ3v) is 10.6. The second-order valence-electron chi connectivity index (χ2n) is 7.10. The molecule has 0 radical (unpaired) electrons. The summed E-state index contributed by atoms with van der Waals surface area (Å²) in [6.07, 6.45) is 0. The molecule has 1 N–H and O–H groups in total. The summed E-state index contributed by atoms with van der Waals surface area (Å²) in [7, 11) is -1.98. The number of hydrogen-bond acceptors (Lipinski definition) is 6. The topological polar surface area (TPSA) is 82.5 Å². The maximum atomic E-state index is 11.3. The second-order valence-corrected chi connectivity index (χ2v) is 14.0. The lowest BCUT2D eigenvalue weighted by molar-refractivity contribution is 0.0779. The molecule has 0 aromatic carbocycles. The van der Waals surface area contributed by atoms with Crippen LogP contribution in [0.4, 0.5) is 0 Å². The van der Waals surface area contributed by atoms with Crippen LogP contribution in [0.3, 0.4) is 0 Å². The highest BCUT2D eigenvalue weighted by molar-refractivity contribution is 7.81. The standard InChI is InChI=1S/C13H25NO4S2Si/c1-12(2,3)21(6,7)18-8-9-10(20(16)17)19-11(14-9)13(4,5)15/h15H,8H2,1-7H3,(H,16,17)/p-1. The van der Waals surface area contributed by atoms with Crippen LogP contribution in [0.5, 0.6) is 0 Å². The van der Waals surface area contributed by atoms with E-state index in [1.165, 1.54) is 0 Å². The maximum absolute atomic E-state index is 11.3. The van der Waals surface area contributed by atoms with Crippen molar-refractivity contribution in [1.82, 2.24) is 4.98 Å². The van der Waals surface area contributed by atoms with Crippen LogP contribution >= 0.6 is 11.3 Å². The Hall–Kier alpha value is -0.123. The van der Waals surface area contributed by atoms with Gasteiger partial charge >= 0.3 is 0 Å². The quantitative estimate of drug-likeness (QED) is 0.651. The molecule has 1 heterocycles. The molecule has 1 rings (SSSR count). The molecule has 21 heavy (non-hydrogen) atoms. The Kier molecular flexibility index (Phi) is 5.56. The van der Waals surface area contributed by atoms with Gasteiger partial charge in [-0.05, 0) is 43.1 Å². The summed E-state index contributed by atoms with van der Waals surface area (Å²) in [6.45, 7) is 13.9. The molecule has 0 spiro atoms. The van der Waals surface area contributed by atoms with Gasteiger partial charge < -0.3 is 14.1 Å². The van der Waals surface area contributed by atoms with Gasteiger partial charge in [0.1, 0.15) is 14.8 Å². The summed E-state index contributed by atoms with van der Waals surface area (Å²) in [4.78, 5) is 4.26. The summed E-state index contributed by atoms with van der Waals surface area (Å²) in [6, 6.07) is 0. The molecule has 5 nitrogen and oxygen atoms in total. The van der Waals surface area contributed by atoms with Gasteiger partial charge in [-0.2, -0.15) is 0 Å². The lowest BCUT2D eigenvalue weighted by Crippen LogP contribution is -2.40. The zero-order chi connectivity index (χ0) is 16.6. The molecule has 0 aliphatic rings. The molecule has 1 atom stereocenters. The third kappa shape index (κ3) is 4.67. The Labute approximate surface area is 134 Å². The Bertz CT molecular complexity index is 529. The lowest BCUT2D eigenvalue weighted by Gasteiger charge is -2.36. The van der Waals surface area contributed by atoms with Crippen molar-refractivity contribution in [2.24, 2.45) is 0 Å². The minimum atomic E-state index is -2.37. The van der Waals surface area contributed by atoms with Crippen molar-refractivity contribution in [1.29, 1.82) is 0 Å². The Morgan fingerprint density at radius 1 is 1.33 bits per heavy atom. The number of aliphatic hydroxyl groups is 1. The van der Waals surface area contributed by atoms with Crippen molar-refractivity contribution in [2.75, 3.05) is 0 Å². The fourth-order valence-electron chi connectivity index (χ4n) is 1.29. The van der Waals surface area contributed by atoms with E-state index in [0.29, 0.717) is 10.7 Å². The molecule has 8 heteroatoms. The predicted molar refractivity (Wildman–Crippen MR) is 86.5 cm³/mol. The molecule has 0 aliphatic heterocycles. The van der Waals surface area contributed by atoms with Crippen LogP contribution in [0.25, 0.3) is 0 Å². The number of thiazole rings is 1. The van der Waals surface area contributed by atoms with Crippen LogP contribution in [-0.4, -0.2) is 27.2 Å². The molecule has 0 aliphatic carbocycles. The molecule has 1 aromatic rings. The van der Waals surface area contributed by atoms with Gasteiger partial charge in [0.2, 0.25) is 0 Å². The van der Waals surface area contributed by atoms with Crippen molar-refractivity contribution in [3.8, 4) is 0 Å². The molecule has 0 amide bonds. The van der Waals surface area contributed by atoms with Crippen LogP contribution < -0.4 is 0 Å². The molecule has 1 aromatic heterocycles. The highest BCUT2D eigenvalue weighted by Crippen LogP contribution is 2.38. The van der Waals surface area contributed by atoms with E-state index in [0.717, 1.165) is 11.3 Å². The van der Waals surface area contributed by atoms with Gasteiger partial charge in [-0.3, -0.25) is 4.21 Å². The molecular formula is C13H24NO4S2Si-. The van der Waals surface area contributed by atoms with Crippen molar-refractivity contribution in [3.05, 3.63) is 10.7 Å². The molecule has 0 saturated heterocycles. The first-order chi connectivity index (χ1) is 9.25. The van der Waals surface area contributed by atoms with Crippen LogP contribution in [0.15, 0.2) is 4.21 Å². The first kappa shape index (κ1) is 18.9. The van der Waals surface area contributed by atoms with E-state index in [1.54, 1.807) is 13.8 Å². The first-order valence-electron chi connectivity index (χ1n) is 6.71. The van der Waals surface area contributed by atoms with Crippen molar-refractivity contribution in [3.63, 3.8) is 0 Å². The van der Waals surface area contributed by atoms with Gasteiger partial charge in [-0.15, -0.1) is 11.3 Å². The average Bonchev–Trinajstić information content (AvgIpc) is 2.68. The summed E-state index contributed by atoms with van der Waals surface area (Å²) < 4.78 is 28.8. The SMILES string of the molecule is CC(C)(O)c1nc(CO[Si](C)(C)C(C)(C)C)c(S(=O)[O-])s1. The summed E-state index contributed by atoms with van der Waals surface area (Å²) in [5.74, 6) is 0. The Morgan fingerprint density at radius 3 is 2.24 bits per heavy atom. The summed E-state index contributed by atoms with van der Waals surface area (Å²) in [5.41, 5.74) is -0.774. The van der Waals surface area contributed by atoms with Crippen molar-refractivity contribution >= 4 is 30.7 Å². The van der Waals surface area contributed by atoms with Gasteiger partial charge in [0, 0.05) is 0 Å². The molecular weight excluding hydrogens is 326 g/mol. The molecule has 122 valence electrons. The number of hydrogen-bond donors (Lipinski definition) is 1. The number of aromatic nitrogens is 1. The minimum absolute atomic E-state index is 0.0406. The molecule has 0 saturated carbocycles. The minimum Gasteiger partial charge on any atom is -0.768 e. The zero-order valence-electron chi connectivity index (χ0n) is 13.6. The third-order valence-electron chi connectivity index (χ3n) is 3.71. The highest BCUT2D eigenvalue weighted by atomic mass is 32.2. The van der Waals surface area contributed by atoms with E-state index in [-0.39, 0.29) is 15.9 Å². The summed E-state index contributed by atoms with van der Waals surface area (Å²) in [5, 5.41) is 10.4. The molecule has 0 fully saturated rings. The van der Waals surface area contributed by atoms with Gasteiger partial charge in [-0.1, -0.05) is 20.8 Å². The van der Waals surface area contributed by atoms with Gasteiger partial charge in [-0.25, -0.2) is 4.98 Å². The van der Waals surface area contributed by atoms with E-state index < -0.39 is 25.0 Å². The van der Waals surface area contributed by atoms with E-state index in [9.17, 15) is 13.9 Å². The maximum Gasteiger partial charge on any atom is 0.192 e. The molecule has 0 bridgehead atoms. The van der Waals surface area contributed by atoms with E-state index in [2.05, 4.69) is 38.8 Å².